The Morgan fingerprint density at radius 1 is 0.600 bits per heavy atom. The van der Waals surface area contributed by atoms with Crippen LogP contribution in [0.4, 0.5) is 0 Å². The van der Waals surface area contributed by atoms with Gasteiger partial charge in [0.05, 0.1) is 14.2 Å². The Morgan fingerprint density at radius 3 is 1.82 bits per heavy atom. The topological polar surface area (TPSA) is 27.7 Å². The van der Waals surface area contributed by atoms with Crippen LogP contribution in [0.2, 0.25) is 0 Å². The molecular formula is C36H29ClO3. The highest BCUT2D eigenvalue weighted by Gasteiger charge is 2.32. The van der Waals surface area contributed by atoms with Crippen LogP contribution in [0.1, 0.15) is 33.7 Å². The van der Waals surface area contributed by atoms with Gasteiger partial charge in [0.15, 0.2) is 0 Å². The van der Waals surface area contributed by atoms with Gasteiger partial charge in [0.25, 0.3) is 0 Å². The predicted molar refractivity (Wildman–Crippen MR) is 162 cm³/mol. The summed E-state index contributed by atoms with van der Waals surface area (Å²) in [4.78, 5) is 0. The highest BCUT2D eigenvalue weighted by atomic mass is 35.5. The zero-order valence-corrected chi connectivity index (χ0v) is 23.2. The SMILES string of the molecule is COc1ccc(-c2ccc3c(c2)C(c2ccc(OC)cc2)C(Cl)=C3c2ccc(OCc3ccccc3)cc2)cc1. The normalized spacial score (nSPS) is 14.1. The van der Waals surface area contributed by atoms with Crippen molar-refractivity contribution in [2.45, 2.75) is 12.5 Å². The quantitative estimate of drug-likeness (QED) is 0.195. The fraction of sp³-hybridized carbons (Fsp3) is 0.111. The fourth-order valence-electron chi connectivity index (χ4n) is 5.28. The maximum absolute atomic E-state index is 7.27. The van der Waals surface area contributed by atoms with E-state index in [-0.39, 0.29) is 5.92 Å². The predicted octanol–water partition coefficient (Wildman–Crippen LogP) is 9.09. The number of allylic oxidation sites excluding steroid dienone is 1. The summed E-state index contributed by atoms with van der Waals surface area (Å²) in [5, 5.41) is 0.810. The number of methoxy groups -OCH3 is 2. The number of halogens is 1. The lowest BCUT2D eigenvalue weighted by Crippen LogP contribution is -1.99. The van der Waals surface area contributed by atoms with Crippen LogP contribution < -0.4 is 14.2 Å². The third-order valence-electron chi connectivity index (χ3n) is 7.39. The molecule has 5 aromatic rings. The maximum atomic E-state index is 7.27. The molecule has 1 unspecified atom stereocenters. The highest BCUT2D eigenvalue weighted by Crippen LogP contribution is 2.51. The van der Waals surface area contributed by atoms with Gasteiger partial charge in [0.1, 0.15) is 23.9 Å². The molecule has 198 valence electrons. The first-order chi connectivity index (χ1) is 19.6. The Labute approximate surface area is 240 Å². The molecule has 0 aromatic heterocycles. The first kappa shape index (κ1) is 25.8. The minimum absolute atomic E-state index is 0.0789. The van der Waals surface area contributed by atoms with Crippen molar-refractivity contribution in [1.29, 1.82) is 0 Å². The van der Waals surface area contributed by atoms with E-state index in [1.54, 1.807) is 14.2 Å². The molecular weight excluding hydrogens is 516 g/mol. The van der Waals surface area contributed by atoms with E-state index in [1.165, 1.54) is 5.56 Å². The molecule has 0 radical (unpaired) electrons. The second kappa shape index (κ2) is 11.3. The molecule has 4 heteroatoms. The zero-order valence-electron chi connectivity index (χ0n) is 22.4. The molecule has 0 spiro atoms. The van der Waals surface area contributed by atoms with E-state index in [0.29, 0.717) is 6.61 Å². The lowest BCUT2D eigenvalue weighted by atomic mass is 9.90. The molecule has 1 atom stereocenters. The van der Waals surface area contributed by atoms with E-state index in [4.69, 9.17) is 25.8 Å². The lowest BCUT2D eigenvalue weighted by molar-refractivity contribution is 0.306. The molecule has 0 amide bonds. The average Bonchev–Trinajstić information content (AvgIpc) is 3.31. The summed E-state index contributed by atoms with van der Waals surface area (Å²) in [6.07, 6.45) is 0. The van der Waals surface area contributed by atoms with Crippen LogP contribution >= 0.6 is 11.6 Å². The molecule has 1 aliphatic carbocycles. The second-order valence-electron chi connectivity index (χ2n) is 9.76. The number of hydrogen-bond donors (Lipinski definition) is 0. The fourth-order valence-corrected chi connectivity index (χ4v) is 5.73. The number of hydrogen-bond acceptors (Lipinski definition) is 3. The third kappa shape index (κ3) is 5.09. The van der Waals surface area contributed by atoms with Gasteiger partial charge >= 0.3 is 0 Å². The van der Waals surface area contributed by atoms with Crippen molar-refractivity contribution >= 4 is 17.2 Å². The monoisotopic (exact) mass is 544 g/mol. The summed E-state index contributed by atoms with van der Waals surface area (Å²) in [7, 11) is 3.36. The van der Waals surface area contributed by atoms with E-state index in [0.717, 1.165) is 61.2 Å². The summed E-state index contributed by atoms with van der Waals surface area (Å²) < 4.78 is 16.8. The van der Waals surface area contributed by atoms with Crippen molar-refractivity contribution < 1.29 is 14.2 Å². The molecule has 0 N–H and O–H groups in total. The summed E-state index contributed by atoms with van der Waals surface area (Å²) in [6, 6.07) is 41.3. The van der Waals surface area contributed by atoms with Gasteiger partial charge in [0, 0.05) is 16.5 Å². The van der Waals surface area contributed by atoms with Crippen molar-refractivity contribution in [2.75, 3.05) is 14.2 Å². The Bertz CT molecular complexity index is 1640. The van der Waals surface area contributed by atoms with Crippen LogP contribution in [0.3, 0.4) is 0 Å². The van der Waals surface area contributed by atoms with Crippen LogP contribution in [0.25, 0.3) is 16.7 Å². The molecule has 40 heavy (non-hydrogen) atoms. The van der Waals surface area contributed by atoms with E-state index in [2.05, 4.69) is 66.7 Å². The van der Waals surface area contributed by atoms with Gasteiger partial charge in [-0.3, -0.25) is 0 Å². The zero-order chi connectivity index (χ0) is 27.5. The lowest BCUT2D eigenvalue weighted by Gasteiger charge is -2.15. The molecule has 0 saturated carbocycles. The van der Waals surface area contributed by atoms with Crippen LogP contribution in [0.15, 0.2) is 126 Å². The van der Waals surface area contributed by atoms with Gasteiger partial charge in [-0.05, 0) is 81.4 Å². The van der Waals surface area contributed by atoms with E-state index >= 15 is 0 Å². The number of ether oxygens (including phenoxy) is 3. The van der Waals surface area contributed by atoms with Crippen molar-refractivity contribution in [3.63, 3.8) is 0 Å². The number of fused-ring (bicyclic) bond motifs is 1. The van der Waals surface area contributed by atoms with Gasteiger partial charge in [-0.15, -0.1) is 0 Å². The van der Waals surface area contributed by atoms with Gasteiger partial charge in [-0.25, -0.2) is 0 Å². The Kier molecular flexibility index (Phi) is 7.31. The van der Waals surface area contributed by atoms with Crippen LogP contribution in [-0.2, 0) is 6.61 Å². The summed E-state index contributed by atoms with van der Waals surface area (Å²) in [5.41, 5.74) is 8.95. The maximum Gasteiger partial charge on any atom is 0.119 e. The molecule has 3 nitrogen and oxygen atoms in total. The molecule has 0 aliphatic heterocycles. The smallest absolute Gasteiger partial charge is 0.119 e. The van der Waals surface area contributed by atoms with E-state index < -0.39 is 0 Å². The van der Waals surface area contributed by atoms with Gasteiger partial charge in [-0.2, -0.15) is 0 Å². The van der Waals surface area contributed by atoms with Crippen LogP contribution in [-0.4, -0.2) is 14.2 Å². The molecule has 0 bridgehead atoms. The summed E-state index contributed by atoms with van der Waals surface area (Å²) >= 11 is 7.27. The largest absolute Gasteiger partial charge is 0.497 e. The first-order valence-corrected chi connectivity index (χ1v) is 13.6. The van der Waals surface area contributed by atoms with Crippen molar-refractivity contribution in [3.05, 3.63) is 154 Å². The molecule has 6 rings (SSSR count). The number of rotatable bonds is 8. The van der Waals surface area contributed by atoms with Crippen molar-refractivity contribution in [1.82, 2.24) is 0 Å². The van der Waals surface area contributed by atoms with Crippen molar-refractivity contribution in [2.24, 2.45) is 0 Å². The Balaban J connectivity index is 1.37. The molecule has 5 aromatic carbocycles. The number of benzene rings is 5. The molecule has 0 fully saturated rings. The average molecular weight is 545 g/mol. The highest BCUT2D eigenvalue weighted by molar-refractivity contribution is 6.35. The molecule has 0 heterocycles. The van der Waals surface area contributed by atoms with Crippen LogP contribution in [0.5, 0.6) is 17.2 Å². The van der Waals surface area contributed by atoms with Gasteiger partial charge in [0.2, 0.25) is 0 Å². The summed E-state index contributed by atoms with van der Waals surface area (Å²) in [6.45, 7) is 0.528. The van der Waals surface area contributed by atoms with Gasteiger partial charge < -0.3 is 14.2 Å². The minimum Gasteiger partial charge on any atom is -0.497 e. The van der Waals surface area contributed by atoms with E-state index in [1.807, 2.05) is 54.6 Å². The van der Waals surface area contributed by atoms with Crippen molar-refractivity contribution in [3.8, 4) is 28.4 Å². The van der Waals surface area contributed by atoms with E-state index in [9.17, 15) is 0 Å². The minimum atomic E-state index is -0.0789. The summed E-state index contributed by atoms with van der Waals surface area (Å²) in [5.74, 6) is 2.40. The third-order valence-corrected chi connectivity index (χ3v) is 7.80. The standard InChI is InChI=1S/C36H29ClO3/c1-38-29-15-8-25(9-16-29)28-14-21-32-33(22-28)35(27-10-17-30(39-2)18-11-27)36(37)34(32)26-12-19-31(20-13-26)40-23-24-6-4-3-5-7-24/h3-22,35H,23H2,1-2H3. The first-order valence-electron chi connectivity index (χ1n) is 13.2. The Morgan fingerprint density at radius 2 is 1.18 bits per heavy atom. The molecule has 1 aliphatic rings. The van der Waals surface area contributed by atoms with Gasteiger partial charge in [-0.1, -0.05) is 90.5 Å². The second-order valence-corrected chi connectivity index (χ2v) is 10.2. The van der Waals surface area contributed by atoms with Crippen LogP contribution in [0, 0.1) is 0 Å². The Hall–Kier alpha value is -4.47. The molecule has 0 saturated heterocycles.